The highest BCUT2D eigenvalue weighted by molar-refractivity contribution is 7.99. The standard InChI is InChI=1S/C9H14N4S/c1-4-14-7-8(1)12-5-9(6-12)13-3-2-10-11-13/h2-3,8-9H,1,4-7H2. The Kier molecular flexibility index (Phi) is 2.21. The Hall–Kier alpha value is -0.550. The van der Waals surface area contributed by atoms with Crippen molar-refractivity contribution in [2.75, 3.05) is 24.6 Å². The fraction of sp³-hybridized carbons (Fsp3) is 0.778. The summed E-state index contributed by atoms with van der Waals surface area (Å²) in [5, 5.41) is 7.87. The third-order valence-electron chi connectivity index (χ3n) is 3.13. The van der Waals surface area contributed by atoms with Crippen molar-refractivity contribution in [2.24, 2.45) is 0 Å². The summed E-state index contributed by atoms with van der Waals surface area (Å²) in [5.74, 6) is 2.67. The van der Waals surface area contributed by atoms with E-state index < -0.39 is 0 Å². The van der Waals surface area contributed by atoms with Crippen LogP contribution in [0.15, 0.2) is 12.4 Å². The van der Waals surface area contributed by atoms with Crippen LogP contribution in [0, 0.1) is 0 Å². The average molecular weight is 210 g/mol. The Morgan fingerprint density at radius 2 is 2.21 bits per heavy atom. The molecule has 1 atom stereocenters. The van der Waals surface area contributed by atoms with Crippen LogP contribution < -0.4 is 0 Å². The zero-order valence-corrected chi connectivity index (χ0v) is 8.86. The molecule has 0 spiro atoms. The van der Waals surface area contributed by atoms with Gasteiger partial charge in [0.15, 0.2) is 0 Å². The summed E-state index contributed by atoms with van der Waals surface area (Å²) in [6.07, 6.45) is 5.09. The maximum atomic E-state index is 4.03. The van der Waals surface area contributed by atoms with Gasteiger partial charge in [-0.25, -0.2) is 4.68 Å². The second-order valence-corrected chi connectivity index (χ2v) is 5.16. The average Bonchev–Trinajstić information content (AvgIpc) is 2.71. The lowest BCUT2D eigenvalue weighted by molar-refractivity contribution is 0.0621. The number of thioether (sulfide) groups is 1. The molecule has 4 nitrogen and oxygen atoms in total. The first-order chi connectivity index (χ1) is 6.93. The van der Waals surface area contributed by atoms with Crippen LogP contribution in [0.3, 0.4) is 0 Å². The van der Waals surface area contributed by atoms with Crippen LogP contribution in [0.5, 0.6) is 0 Å². The fourth-order valence-corrected chi connectivity index (χ4v) is 3.43. The molecule has 0 bridgehead atoms. The first-order valence-corrected chi connectivity index (χ1v) is 6.26. The van der Waals surface area contributed by atoms with Gasteiger partial charge >= 0.3 is 0 Å². The Morgan fingerprint density at radius 3 is 2.86 bits per heavy atom. The van der Waals surface area contributed by atoms with Crippen LogP contribution in [0.4, 0.5) is 0 Å². The lowest BCUT2D eigenvalue weighted by Crippen LogP contribution is -2.52. The number of likely N-dealkylation sites (tertiary alicyclic amines) is 1. The van der Waals surface area contributed by atoms with Crippen LogP contribution in [0.25, 0.3) is 0 Å². The van der Waals surface area contributed by atoms with Gasteiger partial charge in [-0.1, -0.05) is 5.21 Å². The van der Waals surface area contributed by atoms with Gasteiger partial charge in [0.05, 0.1) is 12.2 Å². The summed E-state index contributed by atoms with van der Waals surface area (Å²) in [5.41, 5.74) is 0. The van der Waals surface area contributed by atoms with E-state index in [1.54, 1.807) is 6.20 Å². The van der Waals surface area contributed by atoms with Crippen molar-refractivity contribution in [2.45, 2.75) is 18.5 Å². The third kappa shape index (κ3) is 1.44. The van der Waals surface area contributed by atoms with Gasteiger partial charge < -0.3 is 0 Å². The zero-order valence-electron chi connectivity index (χ0n) is 8.04. The highest BCUT2D eigenvalue weighted by Gasteiger charge is 2.35. The minimum Gasteiger partial charge on any atom is -0.295 e. The molecule has 3 heterocycles. The van der Waals surface area contributed by atoms with E-state index in [4.69, 9.17) is 0 Å². The van der Waals surface area contributed by atoms with Crippen LogP contribution in [0.2, 0.25) is 0 Å². The van der Waals surface area contributed by atoms with E-state index in [2.05, 4.69) is 27.0 Å². The SMILES string of the molecule is c1cn(C2CN(C3CCSC3)C2)nn1. The summed E-state index contributed by atoms with van der Waals surface area (Å²) in [4.78, 5) is 2.58. The maximum absolute atomic E-state index is 4.03. The Bertz CT molecular complexity index is 288. The Balaban J connectivity index is 1.56. The smallest absolute Gasteiger partial charge is 0.0790 e. The lowest BCUT2D eigenvalue weighted by atomic mass is 10.1. The highest BCUT2D eigenvalue weighted by atomic mass is 32.2. The maximum Gasteiger partial charge on any atom is 0.0790 e. The molecule has 0 N–H and O–H groups in total. The molecule has 5 heteroatoms. The monoisotopic (exact) mass is 210 g/mol. The summed E-state index contributed by atoms with van der Waals surface area (Å²) in [6.45, 7) is 2.32. The van der Waals surface area contributed by atoms with Crippen molar-refractivity contribution < 1.29 is 0 Å². The molecule has 14 heavy (non-hydrogen) atoms. The van der Waals surface area contributed by atoms with Crippen LogP contribution in [0.1, 0.15) is 12.5 Å². The van der Waals surface area contributed by atoms with Crippen LogP contribution in [-0.2, 0) is 0 Å². The van der Waals surface area contributed by atoms with Crippen molar-refractivity contribution >= 4 is 11.8 Å². The minimum absolute atomic E-state index is 0.572. The molecule has 1 aromatic heterocycles. The van der Waals surface area contributed by atoms with Crippen molar-refractivity contribution in [3.05, 3.63) is 12.4 Å². The van der Waals surface area contributed by atoms with Gasteiger partial charge in [-0.2, -0.15) is 11.8 Å². The largest absolute Gasteiger partial charge is 0.295 e. The topological polar surface area (TPSA) is 34.0 Å². The molecular weight excluding hydrogens is 196 g/mol. The summed E-state index contributed by atoms with van der Waals surface area (Å²) < 4.78 is 1.98. The molecule has 0 amide bonds. The number of rotatable bonds is 2. The second-order valence-electron chi connectivity index (χ2n) is 4.01. The molecule has 1 unspecified atom stereocenters. The predicted octanol–water partition coefficient (Wildman–Crippen LogP) is 0.640. The van der Waals surface area contributed by atoms with Gasteiger partial charge in [0.1, 0.15) is 0 Å². The molecule has 76 valence electrons. The van der Waals surface area contributed by atoms with Crippen LogP contribution in [-0.4, -0.2) is 50.5 Å². The van der Waals surface area contributed by atoms with Gasteiger partial charge in [0, 0.05) is 31.1 Å². The molecule has 2 saturated heterocycles. The molecule has 0 aliphatic carbocycles. The normalized spacial score (nSPS) is 29.3. The van der Waals surface area contributed by atoms with Gasteiger partial charge in [0.2, 0.25) is 0 Å². The van der Waals surface area contributed by atoms with Crippen molar-refractivity contribution in [1.82, 2.24) is 19.9 Å². The van der Waals surface area contributed by atoms with Crippen LogP contribution >= 0.6 is 11.8 Å². The molecule has 1 aromatic rings. The molecule has 0 aromatic carbocycles. The summed E-state index contributed by atoms with van der Waals surface area (Å²) in [7, 11) is 0. The summed E-state index contributed by atoms with van der Waals surface area (Å²) in [6, 6.07) is 1.41. The van der Waals surface area contributed by atoms with Crippen molar-refractivity contribution in [1.29, 1.82) is 0 Å². The van der Waals surface area contributed by atoms with E-state index in [-0.39, 0.29) is 0 Å². The minimum atomic E-state index is 0.572. The predicted molar refractivity (Wildman–Crippen MR) is 56.4 cm³/mol. The number of nitrogens with zero attached hydrogens (tertiary/aromatic N) is 4. The third-order valence-corrected chi connectivity index (χ3v) is 4.27. The second kappa shape index (κ2) is 3.55. The molecular formula is C9H14N4S. The van der Waals surface area contributed by atoms with E-state index in [0.29, 0.717) is 6.04 Å². The van der Waals surface area contributed by atoms with E-state index in [1.807, 2.05) is 10.9 Å². The van der Waals surface area contributed by atoms with Gasteiger partial charge in [0.25, 0.3) is 0 Å². The molecule has 2 aliphatic heterocycles. The molecule has 0 saturated carbocycles. The molecule has 2 fully saturated rings. The number of hydrogen-bond acceptors (Lipinski definition) is 4. The Labute approximate surface area is 87.7 Å². The lowest BCUT2D eigenvalue weighted by Gasteiger charge is -2.42. The number of hydrogen-bond donors (Lipinski definition) is 0. The first kappa shape index (κ1) is 8.73. The quantitative estimate of drug-likeness (QED) is 0.717. The summed E-state index contributed by atoms with van der Waals surface area (Å²) >= 11 is 2.08. The van der Waals surface area contributed by atoms with Gasteiger partial charge in [-0.15, -0.1) is 5.10 Å². The van der Waals surface area contributed by atoms with E-state index in [9.17, 15) is 0 Å². The van der Waals surface area contributed by atoms with Gasteiger partial charge in [-0.05, 0) is 12.2 Å². The number of aromatic nitrogens is 3. The van der Waals surface area contributed by atoms with E-state index >= 15 is 0 Å². The van der Waals surface area contributed by atoms with E-state index in [0.717, 1.165) is 19.1 Å². The highest BCUT2D eigenvalue weighted by Crippen LogP contribution is 2.29. The zero-order chi connectivity index (χ0) is 9.38. The van der Waals surface area contributed by atoms with Crippen molar-refractivity contribution in [3.8, 4) is 0 Å². The molecule has 3 rings (SSSR count). The Morgan fingerprint density at radius 1 is 1.29 bits per heavy atom. The van der Waals surface area contributed by atoms with Gasteiger partial charge in [-0.3, -0.25) is 4.90 Å². The van der Waals surface area contributed by atoms with Crippen molar-refractivity contribution in [3.63, 3.8) is 0 Å². The fourth-order valence-electron chi connectivity index (χ4n) is 2.18. The first-order valence-electron chi connectivity index (χ1n) is 5.11. The molecule has 2 aliphatic rings. The van der Waals surface area contributed by atoms with E-state index in [1.165, 1.54) is 17.9 Å². The molecule has 0 radical (unpaired) electrons.